The number of hydrogen-bond donors (Lipinski definition) is 0. The first-order valence-corrected chi connectivity index (χ1v) is 6.51. The van der Waals surface area contributed by atoms with Gasteiger partial charge in [0, 0.05) is 5.56 Å². The van der Waals surface area contributed by atoms with Gasteiger partial charge in [-0.25, -0.2) is 0 Å². The van der Waals surface area contributed by atoms with E-state index in [-0.39, 0.29) is 10.6 Å². The van der Waals surface area contributed by atoms with Crippen molar-refractivity contribution >= 4 is 21.7 Å². The van der Waals surface area contributed by atoms with Crippen molar-refractivity contribution in [2.24, 2.45) is 0 Å². The predicted molar refractivity (Wildman–Crippen MR) is 75.4 cm³/mol. The van der Waals surface area contributed by atoms with Gasteiger partial charge in [0.1, 0.15) is 10.6 Å². The molecule has 0 bridgehead atoms. The van der Waals surface area contributed by atoms with Gasteiger partial charge in [-0.3, -0.25) is 4.79 Å². The zero-order chi connectivity index (χ0) is 13.0. The van der Waals surface area contributed by atoms with Crippen molar-refractivity contribution in [1.82, 2.24) is 0 Å². The Morgan fingerprint density at radius 1 is 1.06 bits per heavy atom. The van der Waals surface area contributed by atoms with Crippen LogP contribution in [0.5, 0.6) is 5.75 Å². The summed E-state index contributed by atoms with van der Waals surface area (Å²) in [6, 6.07) is 16.7. The number of alkyl halides is 1. The fourth-order valence-electron chi connectivity index (χ4n) is 1.67. The van der Waals surface area contributed by atoms with E-state index >= 15 is 0 Å². The van der Waals surface area contributed by atoms with Crippen molar-refractivity contribution < 1.29 is 9.53 Å². The molecule has 2 aromatic rings. The van der Waals surface area contributed by atoms with Gasteiger partial charge in [-0.1, -0.05) is 58.4 Å². The second-order valence-electron chi connectivity index (χ2n) is 3.87. The molecule has 1 unspecified atom stereocenters. The molecule has 0 heterocycles. The Kier molecular flexibility index (Phi) is 4.15. The highest BCUT2D eigenvalue weighted by Gasteiger charge is 2.18. The second kappa shape index (κ2) is 5.83. The Labute approximate surface area is 115 Å². The van der Waals surface area contributed by atoms with Gasteiger partial charge < -0.3 is 4.74 Å². The van der Waals surface area contributed by atoms with Crippen LogP contribution in [0.3, 0.4) is 0 Å². The molecule has 0 aliphatic carbocycles. The van der Waals surface area contributed by atoms with Crippen LogP contribution in [0.2, 0.25) is 0 Å². The number of carbonyl (C=O) groups excluding carboxylic acids is 1. The zero-order valence-corrected chi connectivity index (χ0v) is 11.6. The van der Waals surface area contributed by atoms with E-state index in [4.69, 9.17) is 4.74 Å². The van der Waals surface area contributed by atoms with Crippen LogP contribution in [0.25, 0.3) is 0 Å². The number of ether oxygens (including phenoxy) is 1. The summed E-state index contributed by atoms with van der Waals surface area (Å²) in [5.41, 5.74) is 1.62. The van der Waals surface area contributed by atoms with E-state index in [1.807, 2.05) is 54.6 Å². The normalized spacial score (nSPS) is 11.9. The van der Waals surface area contributed by atoms with Gasteiger partial charge in [0.05, 0.1) is 7.11 Å². The maximum absolute atomic E-state index is 12.2. The van der Waals surface area contributed by atoms with E-state index in [0.717, 1.165) is 11.3 Å². The van der Waals surface area contributed by atoms with Gasteiger partial charge in [0.25, 0.3) is 0 Å². The summed E-state index contributed by atoms with van der Waals surface area (Å²) >= 11 is 3.44. The van der Waals surface area contributed by atoms with Crippen molar-refractivity contribution in [3.05, 3.63) is 65.7 Å². The maximum atomic E-state index is 12.2. The average Bonchev–Trinajstić information content (AvgIpc) is 2.47. The van der Waals surface area contributed by atoms with Crippen LogP contribution in [0, 0.1) is 0 Å². The van der Waals surface area contributed by atoms with Gasteiger partial charge in [-0.2, -0.15) is 0 Å². The first-order chi connectivity index (χ1) is 8.72. The number of methoxy groups -OCH3 is 1. The summed E-state index contributed by atoms with van der Waals surface area (Å²) in [5.74, 6) is 0.839. The second-order valence-corrected chi connectivity index (χ2v) is 4.78. The summed E-state index contributed by atoms with van der Waals surface area (Å²) in [4.78, 5) is 11.9. The van der Waals surface area contributed by atoms with E-state index in [2.05, 4.69) is 15.9 Å². The fraction of sp³-hybridized carbons (Fsp3) is 0.133. The Morgan fingerprint density at radius 2 is 1.67 bits per heavy atom. The van der Waals surface area contributed by atoms with Gasteiger partial charge in [0.15, 0.2) is 5.78 Å². The standard InChI is InChI=1S/C15H13BrO2/c1-18-13-9-7-11(8-10-13)14(16)15(17)12-5-3-2-4-6-12/h2-10,14H,1H3. The minimum Gasteiger partial charge on any atom is -0.497 e. The molecule has 0 aromatic heterocycles. The molecular formula is C15H13BrO2. The van der Waals surface area contributed by atoms with Crippen LogP contribution in [-0.2, 0) is 0 Å². The molecule has 0 saturated heterocycles. The molecule has 0 saturated carbocycles. The minimum absolute atomic E-state index is 0.0563. The first kappa shape index (κ1) is 12.8. The highest BCUT2D eigenvalue weighted by molar-refractivity contribution is 9.09. The number of benzene rings is 2. The molecule has 92 valence electrons. The maximum Gasteiger partial charge on any atom is 0.180 e. The molecule has 18 heavy (non-hydrogen) atoms. The third-order valence-electron chi connectivity index (χ3n) is 2.70. The molecular weight excluding hydrogens is 292 g/mol. The van der Waals surface area contributed by atoms with Crippen LogP contribution in [0.4, 0.5) is 0 Å². The summed E-state index contributed by atoms with van der Waals surface area (Å²) in [6.07, 6.45) is 0. The molecule has 2 aromatic carbocycles. The highest BCUT2D eigenvalue weighted by Crippen LogP contribution is 2.28. The number of Topliss-reactive ketones (excluding diaryl/α,β-unsaturated/α-hetero) is 1. The molecule has 3 heteroatoms. The Bertz CT molecular complexity index is 520. The Hall–Kier alpha value is -1.61. The molecule has 2 nitrogen and oxygen atoms in total. The van der Waals surface area contributed by atoms with Crippen molar-refractivity contribution in [3.8, 4) is 5.75 Å². The van der Waals surface area contributed by atoms with Crippen LogP contribution < -0.4 is 4.74 Å². The highest BCUT2D eigenvalue weighted by atomic mass is 79.9. The van der Waals surface area contributed by atoms with Crippen LogP contribution in [-0.4, -0.2) is 12.9 Å². The number of hydrogen-bond acceptors (Lipinski definition) is 2. The van der Waals surface area contributed by atoms with Gasteiger partial charge >= 0.3 is 0 Å². The molecule has 0 aliphatic heterocycles. The number of rotatable bonds is 4. The summed E-state index contributed by atoms with van der Waals surface area (Å²) < 4.78 is 5.09. The molecule has 0 fully saturated rings. The van der Waals surface area contributed by atoms with Crippen LogP contribution in [0.15, 0.2) is 54.6 Å². The van der Waals surface area contributed by atoms with E-state index in [1.54, 1.807) is 7.11 Å². The summed E-state index contributed by atoms with van der Waals surface area (Å²) in [6.45, 7) is 0. The predicted octanol–water partition coefficient (Wildman–Crippen LogP) is 4.01. The number of halogens is 1. The molecule has 2 rings (SSSR count). The monoisotopic (exact) mass is 304 g/mol. The molecule has 0 aliphatic rings. The third kappa shape index (κ3) is 2.79. The quantitative estimate of drug-likeness (QED) is 0.630. The average molecular weight is 305 g/mol. The molecule has 1 atom stereocenters. The van der Waals surface area contributed by atoms with E-state index in [1.165, 1.54) is 0 Å². The van der Waals surface area contributed by atoms with E-state index in [9.17, 15) is 4.79 Å². The first-order valence-electron chi connectivity index (χ1n) is 5.59. The zero-order valence-electron chi connectivity index (χ0n) is 9.97. The summed E-state index contributed by atoms with van der Waals surface area (Å²) in [7, 11) is 1.62. The van der Waals surface area contributed by atoms with Crippen molar-refractivity contribution in [3.63, 3.8) is 0 Å². The van der Waals surface area contributed by atoms with Crippen molar-refractivity contribution in [1.29, 1.82) is 0 Å². The van der Waals surface area contributed by atoms with Crippen molar-refractivity contribution in [2.45, 2.75) is 4.83 Å². The lowest BCUT2D eigenvalue weighted by molar-refractivity contribution is 0.0991. The van der Waals surface area contributed by atoms with E-state index in [0.29, 0.717) is 5.56 Å². The molecule has 0 N–H and O–H groups in total. The minimum atomic E-state index is -0.328. The largest absolute Gasteiger partial charge is 0.497 e. The lowest BCUT2D eigenvalue weighted by Gasteiger charge is -2.10. The number of ketones is 1. The summed E-state index contributed by atoms with van der Waals surface area (Å²) in [5, 5.41) is 0. The van der Waals surface area contributed by atoms with Crippen molar-refractivity contribution in [2.75, 3.05) is 7.11 Å². The van der Waals surface area contributed by atoms with Crippen LogP contribution >= 0.6 is 15.9 Å². The van der Waals surface area contributed by atoms with Gasteiger partial charge in [0.2, 0.25) is 0 Å². The smallest absolute Gasteiger partial charge is 0.180 e. The topological polar surface area (TPSA) is 26.3 Å². The van der Waals surface area contributed by atoms with E-state index < -0.39 is 0 Å². The molecule has 0 radical (unpaired) electrons. The number of carbonyl (C=O) groups is 1. The Balaban J connectivity index is 2.20. The third-order valence-corrected chi connectivity index (χ3v) is 3.64. The molecule has 0 amide bonds. The van der Waals surface area contributed by atoms with Crippen LogP contribution in [0.1, 0.15) is 20.7 Å². The lowest BCUT2D eigenvalue weighted by atomic mass is 10.0. The fourth-order valence-corrected chi connectivity index (χ4v) is 2.24. The SMILES string of the molecule is COc1ccc(C(Br)C(=O)c2ccccc2)cc1. The lowest BCUT2D eigenvalue weighted by Crippen LogP contribution is -2.06. The Morgan fingerprint density at radius 3 is 2.22 bits per heavy atom. The van der Waals surface area contributed by atoms with Gasteiger partial charge in [-0.05, 0) is 17.7 Å². The van der Waals surface area contributed by atoms with Gasteiger partial charge in [-0.15, -0.1) is 0 Å². The molecule has 0 spiro atoms.